The maximum Gasteiger partial charge on any atom is 0.240 e. The van der Waals surface area contributed by atoms with Crippen molar-refractivity contribution in [3.05, 3.63) is 22.7 Å². The number of rotatable bonds is 3. The van der Waals surface area contributed by atoms with E-state index < -0.39 is 0 Å². The van der Waals surface area contributed by atoms with Crippen molar-refractivity contribution in [1.29, 1.82) is 0 Å². The SMILES string of the molecule is Cn1nc(OC[C@@H]2COCCO2)c2ccc(Br)cc21. The smallest absolute Gasteiger partial charge is 0.240 e. The Kier molecular flexibility index (Phi) is 3.72. The van der Waals surface area contributed by atoms with E-state index in [9.17, 15) is 0 Å². The number of halogens is 1. The Labute approximate surface area is 119 Å². The van der Waals surface area contributed by atoms with E-state index in [4.69, 9.17) is 14.2 Å². The molecule has 0 radical (unpaired) electrons. The number of hydrogen-bond donors (Lipinski definition) is 0. The molecule has 6 heteroatoms. The minimum absolute atomic E-state index is 0.0127. The van der Waals surface area contributed by atoms with Gasteiger partial charge in [0, 0.05) is 11.5 Å². The summed E-state index contributed by atoms with van der Waals surface area (Å²) in [6.45, 7) is 2.33. The number of aryl methyl sites for hydroxylation is 1. The predicted molar refractivity (Wildman–Crippen MR) is 74.5 cm³/mol. The average Bonchev–Trinajstić information content (AvgIpc) is 2.74. The number of benzene rings is 1. The summed E-state index contributed by atoms with van der Waals surface area (Å²) in [5, 5.41) is 5.39. The molecule has 1 fully saturated rings. The first kappa shape index (κ1) is 12.9. The van der Waals surface area contributed by atoms with Gasteiger partial charge >= 0.3 is 0 Å². The van der Waals surface area contributed by atoms with Gasteiger partial charge in [-0.05, 0) is 18.2 Å². The summed E-state index contributed by atoms with van der Waals surface area (Å²) < 4.78 is 19.5. The summed E-state index contributed by atoms with van der Waals surface area (Å²) >= 11 is 3.46. The molecule has 1 aliphatic heterocycles. The first-order valence-electron chi connectivity index (χ1n) is 6.18. The molecule has 1 aromatic carbocycles. The van der Waals surface area contributed by atoms with Crippen LogP contribution in [0, 0.1) is 0 Å². The van der Waals surface area contributed by atoms with Crippen molar-refractivity contribution < 1.29 is 14.2 Å². The topological polar surface area (TPSA) is 45.5 Å². The molecule has 1 atom stereocenters. The Morgan fingerprint density at radius 3 is 3.16 bits per heavy atom. The highest BCUT2D eigenvalue weighted by Gasteiger charge is 2.17. The zero-order valence-electron chi connectivity index (χ0n) is 10.6. The second-order valence-electron chi connectivity index (χ2n) is 4.47. The molecule has 0 spiro atoms. The van der Waals surface area contributed by atoms with Gasteiger partial charge in [-0.15, -0.1) is 5.10 Å². The van der Waals surface area contributed by atoms with Crippen LogP contribution >= 0.6 is 15.9 Å². The molecule has 0 N–H and O–H groups in total. The maximum atomic E-state index is 5.77. The molecule has 1 saturated heterocycles. The quantitative estimate of drug-likeness (QED) is 0.866. The van der Waals surface area contributed by atoms with Gasteiger partial charge in [-0.2, -0.15) is 0 Å². The van der Waals surface area contributed by atoms with E-state index in [0.29, 0.717) is 32.3 Å². The molecule has 3 rings (SSSR count). The molecule has 1 aromatic heterocycles. The zero-order valence-corrected chi connectivity index (χ0v) is 12.2. The monoisotopic (exact) mass is 326 g/mol. The molecule has 0 bridgehead atoms. The van der Waals surface area contributed by atoms with E-state index >= 15 is 0 Å². The van der Waals surface area contributed by atoms with Crippen molar-refractivity contribution >= 4 is 26.8 Å². The van der Waals surface area contributed by atoms with Crippen LogP contribution in [0.15, 0.2) is 22.7 Å². The van der Waals surface area contributed by atoms with E-state index in [1.54, 1.807) is 0 Å². The van der Waals surface area contributed by atoms with E-state index in [1.807, 2.05) is 29.9 Å². The minimum atomic E-state index is -0.0127. The van der Waals surface area contributed by atoms with Crippen LogP contribution in [0.1, 0.15) is 0 Å². The van der Waals surface area contributed by atoms with E-state index in [1.165, 1.54) is 0 Å². The Hall–Kier alpha value is -1.11. The lowest BCUT2D eigenvalue weighted by Gasteiger charge is -2.22. The van der Waals surface area contributed by atoms with Crippen LogP contribution in [0.2, 0.25) is 0 Å². The number of ether oxygens (including phenoxy) is 3. The van der Waals surface area contributed by atoms with Crippen LogP contribution in [0.5, 0.6) is 5.88 Å². The summed E-state index contributed by atoms with van der Waals surface area (Å²) in [5.41, 5.74) is 1.03. The van der Waals surface area contributed by atoms with Gasteiger partial charge in [0.2, 0.25) is 5.88 Å². The third-order valence-corrected chi connectivity index (χ3v) is 3.56. The summed E-state index contributed by atoms with van der Waals surface area (Å²) in [6.07, 6.45) is -0.0127. The lowest BCUT2D eigenvalue weighted by molar-refractivity contribution is -0.101. The maximum absolute atomic E-state index is 5.77. The van der Waals surface area contributed by atoms with Crippen LogP contribution in [0.3, 0.4) is 0 Å². The second kappa shape index (κ2) is 5.48. The third-order valence-electron chi connectivity index (χ3n) is 3.07. The minimum Gasteiger partial charge on any atom is -0.473 e. The van der Waals surface area contributed by atoms with Crippen molar-refractivity contribution in [2.45, 2.75) is 6.10 Å². The predicted octanol–water partition coefficient (Wildman–Crippen LogP) is 2.13. The molecule has 2 aromatic rings. The van der Waals surface area contributed by atoms with Crippen molar-refractivity contribution in [2.75, 3.05) is 26.4 Å². The van der Waals surface area contributed by atoms with Crippen molar-refractivity contribution in [2.24, 2.45) is 7.05 Å². The van der Waals surface area contributed by atoms with Gasteiger partial charge in [0.05, 0.1) is 30.7 Å². The Balaban J connectivity index is 1.77. The van der Waals surface area contributed by atoms with Gasteiger partial charge in [0.1, 0.15) is 12.7 Å². The normalized spacial score (nSPS) is 19.8. The molecule has 1 aliphatic rings. The van der Waals surface area contributed by atoms with Crippen molar-refractivity contribution in [3.63, 3.8) is 0 Å². The lowest BCUT2D eigenvalue weighted by atomic mass is 10.2. The first-order chi connectivity index (χ1) is 9.24. The van der Waals surface area contributed by atoms with Crippen LogP contribution < -0.4 is 4.74 Å². The summed E-state index contributed by atoms with van der Waals surface area (Å²) in [7, 11) is 1.90. The van der Waals surface area contributed by atoms with E-state index in [-0.39, 0.29) is 6.10 Å². The molecule has 102 valence electrons. The number of nitrogens with zero attached hydrogens (tertiary/aromatic N) is 2. The highest BCUT2D eigenvalue weighted by molar-refractivity contribution is 9.10. The number of fused-ring (bicyclic) bond motifs is 1. The fraction of sp³-hybridized carbons (Fsp3) is 0.462. The van der Waals surface area contributed by atoms with Gasteiger partial charge < -0.3 is 14.2 Å². The number of hydrogen-bond acceptors (Lipinski definition) is 4. The van der Waals surface area contributed by atoms with Crippen LogP contribution in [-0.2, 0) is 16.5 Å². The molecule has 2 heterocycles. The molecule has 5 nitrogen and oxygen atoms in total. The fourth-order valence-electron chi connectivity index (χ4n) is 2.11. The van der Waals surface area contributed by atoms with E-state index in [0.717, 1.165) is 15.4 Å². The van der Waals surface area contributed by atoms with Crippen molar-refractivity contribution in [3.8, 4) is 5.88 Å². The summed E-state index contributed by atoms with van der Waals surface area (Å²) in [6, 6.07) is 6.01. The third kappa shape index (κ3) is 2.75. The van der Waals surface area contributed by atoms with E-state index in [2.05, 4.69) is 21.0 Å². The molecule has 0 aliphatic carbocycles. The fourth-order valence-corrected chi connectivity index (χ4v) is 2.46. The van der Waals surface area contributed by atoms with Gasteiger partial charge in [-0.25, -0.2) is 0 Å². The standard InChI is InChI=1S/C13H15BrN2O3/c1-16-12-6-9(14)2-3-11(12)13(15-16)19-8-10-7-17-4-5-18-10/h2-3,6,10H,4-5,7-8H2,1H3/t10-/m0/s1. The van der Waals surface area contributed by atoms with Gasteiger partial charge in [0.15, 0.2) is 0 Å². The van der Waals surface area contributed by atoms with Crippen LogP contribution in [-0.4, -0.2) is 42.3 Å². The average molecular weight is 327 g/mol. The molecular weight excluding hydrogens is 312 g/mol. The Morgan fingerprint density at radius 2 is 2.37 bits per heavy atom. The molecule has 0 unspecified atom stereocenters. The lowest BCUT2D eigenvalue weighted by Crippen LogP contribution is -2.33. The van der Waals surface area contributed by atoms with Crippen LogP contribution in [0.25, 0.3) is 10.9 Å². The molecule has 19 heavy (non-hydrogen) atoms. The summed E-state index contributed by atoms with van der Waals surface area (Å²) in [5.74, 6) is 0.638. The summed E-state index contributed by atoms with van der Waals surface area (Å²) in [4.78, 5) is 0. The second-order valence-corrected chi connectivity index (χ2v) is 5.38. The molecular formula is C13H15BrN2O3. The Morgan fingerprint density at radius 1 is 1.47 bits per heavy atom. The zero-order chi connectivity index (χ0) is 13.2. The van der Waals surface area contributed by atoms with Crippen LogP contribution in [0.4, 0.5) is 0 Å². The largest absolute Gasteiger partial charge is 0.473 e. The van der Waals surface area contributed by atoms with Gasteiger partial charge in [-0.1, -0.05) is 15.9 Å². The highest BCUT2D eigenvalue weighted by Crippen LogP contribution is 2.27. The first-order valence-corrected chi connectivity index (χ1v) is 6.98. The molecule has 0 saturated carbocycles. The Bertz CT molecular complexity index is 579. The number of aromatic nitrogens is 2. The molecule has 0 amide bonds. The van der Waals surface area contributed by atoms with Crippen molar-refractivity contribution in [1.82, 2.24) is 9.78 Å². The highest BCUT2D eigenvalue weighted by atomic mass is 79.9. The van der Waals surface area contributed by atoms with Gasteiger partial charge in [0.25, 0.3) is 0 Å². The van der Waals surface area contributed by atoms with Gasteiger partial charge in [-0.3, -0.25) is 4.68 Å².